The lowest BCUT2D eigenvalue weighted by Crippen LogP contribution is -1.86. The van der Waals surface area contributed by atoms with Crippen molar-refractivity contribution in [3.63, 3.8) is 0 Å². The zero-order valence-corrected chi connectivity index (χ0v) is 13.1. The number of carbonyl (C=O) groups excluding carboxylic acids is 2. The van der Waals surface area contributed by atoms with E-state index < -0.39 is 0 Å². The molecule has 0 fully saturated rings. The SMILES string of the molecule is CC(C)c1ccc(-c2cnc(-c3ccccc3)[nH]2)cc1.O=C=O. The summed E-state index contributed by atoms with van der Waals surface area (Å²) in [5, 5.41) is 0. The molecular formula is C19H18N2O2. The summed E-state index contributed by atoms with van der Waals surface area (Å²) in [5.41, 5.74) is 4.69. The van der Waals surface area contributed by atoms with Crippen LogP contribution < -0.4 is 0 Å². The molecule has 1 N–H and O–H groups in total. The molecule has 3 rings (SSSR count). The van der Waals surface area contributed by atoms with E-state index in [9.17, 15) is 0 Å². The van der Waals surface area contributed by atoms with Gasteiger partial charge in [0.1, 0.15) is 5.82 Å². The molecule has 4 nitrogen and oxygen atoms in total. The number of nitrogens with zero attached hydrogens (tertiary/aromatic N) is 1. The van der Waals surface area contributed by atoms with Gasteiger partial charge in [-0.05, 0) is 17.0 Å². The molecule has 2 aromatic carbocycles. The normalized spacial score (nSPS) is 9.87. The monoisotopic (exact) mass is 306 g/mol. The van der Waals surface area contributed by atoms with Crippen LogP contribution in [0.25, 0.3) is 22.6 Å². The molecule has 4 heteroatoms. The first-order valence-electron chi connectivity index (χ1n) is 7.35. The number of benzene rings is 2. The standard InChI is InChI=1S/C18H18N2.CO2/c1-13(2)14-8-10-15(11-9-14)17-12-19-18(20-17)16-6-4-3-5-7-16;2-1-3/h3-13H,1-2H3,(H,19,20);. The molecule has 23 heavy (non-hydrogen) atoms. The van der Waals surface area contributed by atoms with E-state index in [2.05, 4.69) is 60.2 Å². The second-order valence-corrected chi connectivity index (χ2v) is 5.37. The van der Waals surface area contributed by atoms with Crippen molar-refractivity contribution < 1.29 is 9.59 Å². The van der Waals surface area contributed by atoms with Gasteiger partial charge in [0.2, 0.25) is 0 Å². The van der Waals surface area contributed by atoms with E-state index in [4.69, 9.17) is 9.59 Å². The molecular weight excluding hydrogens is 288 g/mol. The molecule has 0 radical (unpaired) electrons. The average molecular weight is 306 g/mol. The second kappa shape index (κ2) is 7.87. The minimum absolute atomic E-state index is 0.250. The quantitative estimate of drug-likeness (QED) is 0.785. The smallest absolute Gasteiger partial charge is 0.338 e. The zero-order chi connectivity index (χ0) is 16.7. The molecule has 0 saturated carbocycles. The summed E-state index contributed by atoms with van der Waals surface area (Å²) in [6, 6.07) is 18.8. The van der Waals surface area contributed by atoms with Gasteiger partial charge in [0.15, 0.2) is 0 Å². The Morgan fingerprint density at radius 3 is 2.09 bits per heavy atom. The van der Waals surface area contributed by atoms with Crippen LogP contribution in [0.2, 0.25) is 0 Å². The summed E-state index contributed by atoms with van der Waals surface area (Å²) in [7, 11) is 0. The summed E-state index contributed by atoms with van der Waals surface area (Å²) in [6.07, 6.45) is 2.15. The number of imidazole rings is 1. The fourth-order valence-corrected chi connectivity index (χ4v) is 2.26. The summed E-state index contributed by atoms with van der Waals surface area (Å²) in [4.78, 5) is 24.1. The Bertz CT molecular complexity index is 769. The Hall–Kier alpha value is -2.97. The van der Waals surface area contributed by atoms with Gasteiger partial charge in [-0.25, -0.2) is 4.98 Å². The van der Waals surface area contributed by atoms with Crippen LogP contribution in [0.1, 0.15) is 25.3 Å². The van der Waals surface area contributed by atoms with Gasteiger partial charge in [-0.2, -0.15) is 9.59 Å². The predicted molar refractivity (Wildman–Crippen MR) is 88.6 cm³/mol. The van der Waals surface area contributed by atoms with Gasteiger partial charge in [0, 0.05) is 5.56 Å². The Morgan fingerprint density at radius 2 is 1.52 bits per heavy atom. The number of aromatic nitrogens is 2. The highest BCUT2D eigenvalue weighted by atomic mass is 16.2. The highest BCUT2D eigenvalue weighted by Gasteiger charge is 2.05. The van der Waals surface area contributed by atoms with E-state index in [0.717, 1.165) is 17.1 Å². The van der Waals surface area contributed by atoms with Crippen molar-refractivity contribution in [3.05, 3.63) is 66.4 Å². The Kier molecular flexibility index (Phi) is 5.61. The highest BCUT2D eigenvalue weighted by Crippen LogP contribution is 2.24. The lowest BCUT2D eigenvalue weighted by molar-refractivity contribution is -0.191. The molecule has 0 atom stereocenters. The molecule has 0 saturated heterocycles. The van der Waals surface area contributed by atoms with E-state index in [1.165, 1.54) is 11.1 Å². The third-order valence-corrected chi connectivity index (χ3v) is 3.51. The molecule has 0 aliphatic rings. The number of aromatic amines is 1. The van der Waals surface area contributed by atoms with Crippen molar-refractivity contribution in [3.8, 4) is 22.6 Å². The third kappa shape index (κ3) is 4.25. The van der Waals surface area contributed by atoms with Gasteiger partial charge < -0.3 is 4.98 Å². The van der Waals surface area contributed by atoms with Gasteiger partial charge in [0.25, 0.3) is 0 Å². The fraction of sp³-hybridized carbons (Fsp3) is 0.158. The number of hydrogen-bond acceptors (Lipinski definition) is 3. The summed E-state index contributed by atoms with van der Waals surface area (Å²) in [6.45, 7) is 4.41. The first-order valence-corrected chi connectivity index (χ1v) is 7.35. The van der Waals surface area contributed by atoms with Crippen LogP contribution in [0.5, 0.6) is 0 Å². The van der Waals surface area contributed by atoms with Crippen molar-refractivity contribution in [1.29, 1.82) is 0 Å². The molecule has 0 aliphatic heterocycles. The van der Waals surface area contributed by atoms with E-state index in [0.29, 0.717) is 5.92 Å². The predicted octanol–water partition coefficient (Wildman–Crippen LogP) is 4.28. The zero-order valence-electron chi connectivity index (χ0n) is 13.1. The molecule has 3 aromatic rings. The maximum Gasteiger partial charge on any atom is 0.373 e. The third-order valence-electron chi connectivity index (χ3n) is 3.51. The minimum Gasteiger partial charge on any atom is -0.338 e. The molecule has 1 aromatic heterocycles. The molecule has 116 valence electrons. The van der Waals surface area contributed by atoms with E-state index in [1.807, 2.05) is 24.4 Å². The van der Waals surface area contributed by atoms with Crippen molar-refractivity contribution >= 4 is 6.15 Å². The molecule has 0 aliphatic carbocycles. The minimum atomic E-state index is 0.250. The van der Waals surface area contributed by atoms with Crippen LogP contribution in [0.4, 0.5) is 0 Å². The van der Waals surface area contributed by atoms with E-state index in [1.54, 1.807) is 0 Å². The van der Waals surface area contributed by atoms with Crippen LogP contribution in [-0.2, 0) is 9.59 Å². The maximum absolute atomic E-state index is 8.12. The Morgan fingerprint density at radius 1 is 0.913 bits per heavy atom. The Labute approximate surface area is 135 Å². The molecule has 1 heterocycles. The number of hydrogen-bond donors (Lipinski definition) is 1. The number of H-pyrrole nitrogens is 1. The van der Waals surface area contributed by atoms with Crippen LogP contribution in [0, 0.1) is 0 Å². The van der Waals surface area contributed by atoms with Crippen molar-refractivity contribution in [2.75, 3.05) is 0 Å². The van der Waals surface area contributed by atoms with Gasteiger partial charge in [-0.3, -0.25) is 0 Å². The number of rotatable bonds is 3. The summed E-state index contributed by atoms with van der Waals surface area (Å²) >= 11 is 0. The first kappa shape index (κ1) is 16.4. The highest BCUT2D eigenvalue weighted by molar-refractivity contribution is 5.64. The lowest BCUT2D eigenvalue weighted by atomic mass is 10.0. The second-order valence-electron chi connectivity index (χ2n) is 5.37. The van der Waals surface area contributed by atoms with E-state index in [-0.39, 0.29) is 6.15 Å². The van der Waals surface area contributed by atoms with Crippen molar-refractivity contribution in [2.45, 2.75) is 19.8 Å². The summed E-state index contributed by atoms with van der Waals surface area (Å²) in [5.74, 6) is 1.47. The molecule has 0 amide bonds. The molecule has 0 unspecified atom stereocenters. The summed E-state index contributed by atoms with van der Waals surface area (Å²) < 4.78 is 0. The van der Waals surface area contributed by atoms with Gasteiger partial charge in [0.05, 0.1) is 11.9 Å². The number of nitrogens with one attached hydrogen (secondary N) is 1. The van der Waals surface area contributed by atoms with Crippen molar-refractivity contribution in [1.82, 2.24) is 9.97 Å². The molecule has 0 spiro atoms. The van der Waals surface area contributed by atoms with Gasteiger partial charge in [-0.1, -0.05) is 68.4 Å². The topological polar surface area (TPSA) is 62.8 Å². The van der Waals surface area contributed by atoms with Crippen LogP contribution in [0.15, 0.2) is 60.8 Å². The van der Waals surface area contributed by atoms with E-state index >= 15 is 0 Å². The van der Waals surface area contributed by atoms with Gasteiger partial charge >= 0.3 is 6.15 Å². The van der Waals surface area contributed by atoms with Crippen LogP contribution in [0.3, 0.4) is 0 Å². The fourth-order valence-electron chi connectivity index (χ4n) is 2.26. The molecule has 0 bridgehead atoms. The largest absolute Gasteiger partial charge is 0.373 e. The first-order chi connectivity index (χ1) is 11.2. The maximum atomic E-state index is 8.12. The average Bonchev–Trinajstić information content (AvgIpc) is 3.06. The van der Waals surface area contributed by atoms with Crippen LogP contribution in [-0.4, -0.2) is 16.1 Å². The Balaban J connectivity index is 0.000000595. The van der Waals surface area contributed by atoms with Crippen LogP contribution >= 0.6 is 0 Å². The van der Waals surface area contributed by atoms with Crippen molar-refractivity contribution in [2.24, 2.45) is 0 Å². The van der Waals surface area contributed by atoms with Gasteiger partial charge in [-0.15, -0.1) is 0 Å². The lowest BCUT2D eigenvalue weighted by Gasteiger charge is -2.05.